The predicted octanol–water partition coefficient (Wildman–Crippen LogP) is 2.56. The van der Waals surface area contributed by atoms with Crippen molar-refractivity contribution in [1.29, 1.82) is 0 Å². The van der Waals surface area contributed by atoms with Crippen LogP contribution < -0.4 is 0 Å². The number of halogens is 1. The van der Waals surface area contributed by atoms with Gasteiger partial charge in [-0.3, -0.25) is 9.69 Å². The van der Waals surface area contributed by atoms with Crippen molar-refractivity contribution in [2.45, 2.75) is 26.3 Å². The third-order valence-corrected chi connectivity index (χ3v) is 2.99. The predicted molar refractivity (Wildman–Crippen MR) is 58.1 cm³/mol. The fraction of sp³-hybridized carbons (Fsp3) is 0.545. The molecule has 0 aromatic carbocycles. The summed E-state index contributed by atoms with van der Waals surface area (Å²) in [6, 6.07) is 1.75. The molecule has 0 spiro atoms. The molecule has 3 nitrogen and oxygen atoms in total. The van der Waals surface area contributed by atoms with E-state index >= 15 is 0 Å². The van der Waals surface area contributed by atoms with Gasteiger partial charge in [-0.1, -0.05) is 0 Å². The van der Waals surface area contributed by atoms with E-state index in [1.165, 1.54) is 12.8 Å². The molecule has 15 heavy (non-hydrogen) atoms. The van der Waals surface area contributed by atoms with Crippen LogP contribution in [0.1, 0.15) is 34.7 Å². The first kappa shape index (κ1) is 10.7. The largest absolute Gasteiger partial charge is 0.457 e. The van der Waals surface area contributed by atoms with Crippen LogP contribution >= 0.6 is 11.6 Å². The third-order valence-electron chi connectivity index (χ3n) is 2.81. The minimum Gasteiger partial charge on any atom is -0.457 e. The summed E-state index contributed by atoms with van der Waals surface area (Å²) in [6.07, 6.45) is 2.52. The topological polar surface area (TPSA) is 33.5 Å². The fourth-order valence-corrected chi connectivity index (χ4v) is 2.05. The number of likely N-dealkylation sites (tertiary alicyclic amines) is 1. The van der Waals surface area contributed by atoms with Crippen molar-refractivity contribution in [3.05, 3.63) is 23.2 Å². The monoisotopic (exact) mass is 227 g/mol. The van der Waals surface area contributed by atoms with Gasteiger partial charge in [-0.25, -0.2) is 0 Å². The number of carbonyl (C=O) groups excluding carboxylic acids is 1. The summed E-state index contributed by atoms with van der Waals surface area (Å²) in [7, 11) is 0. The van der Waals surface area contributed by atoms with Crippen molar-refractivity contribution in [1.82, 2.24) is 4.90 Å². The Hall–Kier alpha value is -0.800. The zero-order chi connectivity index (χ0) is 10.8. The van der Waals surface area contributed by atoms with Gasteiger partial charge in [-0.15, -0.1) is 0 Å². The van der Waals surface area contributed by atoms with Crippen LogP contribution in [0.25, 0.3) is 0 Å². The summed E-state index contributed by atoms with van der Waals surface area (Å²) >= 11 is 5.36. The van der Waals surface area contributed by atoms with Crippen LogP contribution in [0.5, 0.6) is 0 Å². The second-order valence-electron chi connectivity index (χ2n) is 3.95. The molecule has 0 atom stereocenters. The second kappa shape index (κ2) is 4.37. The lowest BCUT2D eigenvalue weighted by Gasteiger charge is -2.12. The highest BCUT2D eigenvalue weighted by atomic mass is 35.5. The summed E-state index contributed by atoms with van der Waals surface area (Å²) in [5.41, 5.74) is 1.07. The Morgan fingerprint density at radius 3 is 2.73 bits per heavy atom. The molecule has 1 aromatic heterocycles. The van der Waals surface area contributed by atoms with Gasteiger partial charge in [0.05, 0.1) is 0 Å². The number of furan rings is 1. The van der Waals surface area contributed by atoms with Crippen molar-refractivity contribution in [2.75, 3.05) is 13.1 Å². The molecule has 2 heterocycles. The van der Waals surface area contributed by atoms with Crippen molar-refractivity contribution >= 4 is 16.8 Å². The van der Waals surface area contributed by atoms with E-state index in [0.717, 1.165) is 31.0 Å². The summed E-state index contributed by atoms with van der Waals surface area (Å²) in [4.78, 5) is 13.3. The van der Waals surface area contributed by atoms with Crippen LogP contribution in [0, 0.1) is 6.92 Å². The Morgan fingerprint density at radius 1 is 1.53 bits per heavy atom. The van der Waals surface area contributed by atoms with E-state index in [0.29, 0.717) is 0 Å². The van der Waals surface area contributed by atoms with Gasteiger partial charge in [0.2, 0.25) is 0 Å². The van der Waals surface area contributed by atoms with E-state index in [9.17, 15) is 4.79 Å². The van der Waals surface area contributed by atoms with E-state index in [4.69, 9.17) is 16.0 Å². The Balaban J connectivity index is 2.10. The molecular formula is C11H14ClNO2. The number of carbonyl (C=O) groups is 1. The second-order valence-corrected chi connectivity index (χ2v) is 4.29. The average molecular weight is 228 g/mol. The van der Waals surface area contributed by atoms with Gasteiger partial charge in [0, 0.05) is 12.1 Å². The number of hydrogen-bond donors (Lipinski definition) is 0. The zero-order valence-electron chi connectivity index (χ0n) is 8.75. The van der Waals surface area contributed by atoms with E-state index in [2.05, 4.69) is 4.90 Å². The highest BCUT2D eigenvalue weighted by Gasteiger charge is 2.17. The first-order chi connectivity index (χ1) is 7.16. The zero-order valence-corrected chi connectivity index (χ0v) is 9.51. The van der Waals surface area contributed by atoms with Gasteiger partial charge in [0.1, 0.15) is 5.76 Å². The van der Waals surface area contributed by atoms with Gasteiger partial charge in [0.15, 0.2) is 5.76 Å². The Morgan fingerprint density at radius 2 is 2.20 bits per heavy atom. The molecule has 0 amide bonds. The number of aryl methyl sites for hydroxylation is 1. The molecule has 0 N–H and O–H groups in total. The molecule has 0 aliphatic carbocycles. The van der Waals surface area contributed by atoms with Crippen molar-refractivity contribution in [2.24, 2.45) is 0 Å². The first-order valence-electron chi connectivity index (χ1n) is 5.18. The molecule has 0 radical (unpaired) electrons. The lowest BCUT2D eigenvalue weighted by Crippen LogP contribution is -2.18. The van der Waals surface area contributed by atoms with Crippen molar-refractivity contribution in [3.63, 3.8) is 0 Å². The molecule has 0 saturated carbocycles. The number of nitrogens with zero attached hydrogens (tertiary/aromatic N) is 1. The molecule has 82 valence electrons. The van der Waals surface area contributed by atoms with Crippen LogP contribution in [-0.2, 0) is 6.54 Å². The average Bonchev–Trinajstić information content (AvgIpc) is 2.77. The Kier molecular flexibility index (Phi) is 3.12. The molecule has 0 bridgehead atoms. The fourth-order valence-electron chi connectivity index (χ4n) is 1.96. The Labute approximate surface area is 94.0 Å². The minimum absolute atomic E-state index is 0.253. The molecule has 4 heteroatoms. The van der Waals surface area contributed by atoms with Gasteiger partial charge in [0.25, 0.3) is 5.24 Å². The van der Waals surface area contributed by atoms with Crippen LogP contribution in [0.2, 0.25) is 0 Å². The van der Waals surface area contributed by atoms with Crippen LogP contribution in [0.4, 0.5) is 0 Å². The maximum absolute atomic E-state index is 10.9. The van der Waals surface area contributed by atoms with Gasteiger partial charge in [-0.2, -0.15) is 0 Å². The molecule has 1 aliphatic rings. The maximum Gasteiger partial charge on any atom is 0.287 e. The quantitative estimate of drug-likeness (QED) is 0.745. The Bertz CT molecular complexity index is 367. The van der Waals surface area contributed by atoms with E-state index in [1.807, 2.05) is 6.92 Å². The summed E-state index contributed by atoms with van der Waals surface area (Å²) in [6.45, 7) is 5.00. The third kappa shape index (κ3) is 2.41. The van der Waals surface area contributed by atoms with Gasteiger partial charge < -0.3 is 4.42 Å². The summed E-state index contributed by atoms with van der Waals surface area (Å²) < 4.78 is 5.28. The van der Waals surface area contributed by atoms with Gasteiger partial charge >= 0.3 is 0 Å². The number of hydrogen-bond acceptors (Lipinski definition) is 3. The lowest BCUT2D eigenvalue weighted by molar-refractivity contribution is 0.105. The van der Waals surface area contributed by atoms with Gasteiger partial charge in [-0.05, 0) is 50.5 Å². The summed E-state index contributed by atoms with van der Waals surface area (Å²) in [5, 5.41) is -0.522. The molecule has 2 rings (SSSR count). The first-order valence-corrected chi connectivity index (χ1v) is 5.56. The molecule has 1 fully saturated rings. The maximum atomic E-state index is 10.9. The molecule has 1 saturated heterocycles. The van der Waals surface area contributed by atoms with E-state index in [-0.39, 0.29) is 5.76 Å². The molecule has 0 unspecified atom stereocenters. The highest BCUT2D eigenvalue weighted by Crippen LogP contribution is 2.20. The van der Waals surface area contributed by atoms with Crippen LogP contribution in [0.15, 0.2) is 10.5 Å². The van der Waals surface area contributed by atoms with E-state index < -0.39 is 5.24 Å². The normalized spacial score (nSPS) is 17.2. The molecule has 1 aliphatic heterocycles. The van der Waals surface area contributed by atoms with Crippen LogP contribution in [0.3, 0.4) is 0 Å². The SMILES string of the molecule is Cc1oc(C(=O)Cl)cc1CN1CCCC1. The smallest absolute Gasteiger partial charge is 0.287 e. The standard InChI is InChI=1S/C11H14ClNO2/c1-8-9(6-10(15-8)11(12)14)7-13-4-2-3-5-13/h6H,2-5,7H2,1H3. The highest BCUT2D eigenvalue weighted by molar-refractivity contribution is 6.67. The van der Waals surface area contributed by atoms with E-state index in [1.54, 1.807) is 6.07 Å². The number of rotatable bonds is 3. The molecular weight excluding hydrogens is 214 g/mol. The summed E-state index contributed by atoms with van der Waals surface area (Å²) in [5.74, 6) is 1.05. The lowest BCUT2D eigenvalue weighted by atomic mass is 10.2. The molecule has 1 aromatic rings. The van der Waals surface area contributed by atoms with Crippen molar-refractivity contribution < 1.29 is 9.21 Å². The van der Waals surface area contributed by atoms with Crippen LogP contribution in [-0.4, -0.2) is 23.2 Å². The van der Waals surface area contributed by atoms with Crippen molar-refractivity contribution in [3.8, 4) is 0 Å². The minimum atomic E-state index is -0.522.